The summed E-state index contributed by atoms with van der Waals surface area (Å²) < 4.78 is 69.9. The maximum Gasteiger partial charge on any atom is 0.574 e. The van der Waals surface area contributed by atoms with Crippen molar-refractivity contribution in [2.24, 2.45) is 0 Å². The number of rotatable bonds is 5. The number of hydrogen-bond donors (Lipinski definition) is 0. The zero-order valence-corrected chi connectivity index (χ0v) is 11.3. The molecule has 118 valence electrons. The fraction of sp³-hybridized carbons (Fsp3) is 0.455. The van der Waals surface area contributed by atoms with E-state index in [1.165, 1.54) is 0 Å². The molecule has 21 heavy (non-hydrogen) atoms. The van der Waals surface area contributed by atoms with E-state index < -0.39 is 36.6 Å². The highest BCUT2D eigenvalue weighted by Crippen LogP contribution is 2.33. The molecule has 0 N–H and O–H groups in total. The first kappa shape index (κ1) is 17.4. The molecule has 0 unspecified atom stereocenters. The van der Waals surface area contributed by atoms with Gasteiger partial charge in [-0.15, -0.1) is 24.8 Å². The Morgan fingerprint density at radius 1 is 1.43 bits per heavy atom. The molecule has 1 heterocycles. The van der Waals surface area contributed by atoms with Gasteiger partial charge >= 0.3 is 12.3 Å². The minimum atomic E-state index is -5.18. The number of esters is 1. The van der Waals surface area contributed by atoms with Gasteiger partial charge in [0.15, 0.2) is 0 Å². The molecule has 0 saturated carbocycles. The number of ether oxygens (including phenoxy) is 2. The van der Waals surface area contributed by atoms with Crippen LogP contribution in [0.1, 0.15) is 23.2 Å². The molecular formula is C11H9ClF5NO3. The van der Waals surface area contributed by atoms with E-state index in [0.717, 1.165) is 7.11 Å². The molecule has 0 aromatic carbocycles. The Morgan fingerprint density at radius 3 is 2.48 bits per heavy atom. The third-order valence-electron chi connectivity index (χ3n) is 2.32. The molecule has 0 amide bonds. The lowest BCUT2D eigenvalue weighted by Gasteiger charge is -2.15. The summed E-state index contributed by atoms with van der Waals surface area (Å²) in [6, 6.07) is 0.702. The van der Waals surface area contributed by atoms with Gasteiger partial charge in [0.25, 0.3) is 6.43 Å². The van der Waals surface area contributed by atoms with Gasteiger partial charge in [0, 0.05) is 0 Å². The molecule has 0 aliphatic heterocycles. The SMILES string of the molecule is COC(=O)Cc1cc(C(F)F)c(OC(F)(F)F)nc1CCl. The third-order valence-corrected chi connectivity index (χ3v) is 2.57. The Hall–Kier alpha value is -1.64. The van der Waals surface area contributed by atoms with Gasteiger partial charge < -0.3 is 9.47 Å². The zero-order chi connectivity index (χ0) is 16.2. The lowest BCUT2D eigenvalue weighted by molar-refractivity contribution is -0.276. The normalized spacial score (nSPS) is 11.6. The van der Waals surface area contributed by atoms with Crippen LogP contribution in [0.3, 0.4) is 0 Å². The maximum absolute atomic E-state index is 12.8. The van der Waals surface area contributed by atoms with Crippen LogP contribution in [0.5, 0.6) is 5.88 Å². The number of alkyl halides is 6. The van der Waals surface area contributed by atoms with Crippen molar-refractivity contribution >= 4 is 17.6 Å². The minimum absolute atomic E-state index is 0.0540. The van der Waals surface area contributed by atoms with E-state index in [1.54, 1.807) is 0 Å². The summed E-state index contributed by atoms with van der Waals surface area (Å²) in [5.74, 6) is -2.45. The molecule has 4 nitrogen and oxygen atoms in total. The van der Waals surface area contributed by atoms with E-state index >= 15 is 0 Å². The average molecular weight is 334 g/mol. The van der Waals surface area contributed by atoms with Crippen molar-refractivity contribution in [3.63, 3.8) is 0 Å². The van der Waals surface area contributed by atoms with Crippen LogP contribution in [0.15, 0.2) is 6.07 Å². The highest BCUT2D eigenvalue weighted by molar-refractivity contribution is 6.17. The first-order valence-electron chi connectivity index (χ1n) is 5.37. The molecule has 0 fully saturated rings. The van der Waals surface area contributed by atoms with Gasteiger partial charge in [-0.3, -0.25) is 4.79 Å². The van der Waals surface area contributed by atoms with Crippen molar-refractivity contribution in [3.05, 3.63) is 22.9 Å². The highest BCUT2D eigenvalue weighted by atomic mass is 35.5. The Morgan fingerprint density at radius 2 is 2.05 bits per heavy atom. The molecule has 0 atom stereocenters. The van der Waals surface area contributed by atoms with Gasteiger partial charge in [-0.2, -0.15) is 0 Å². The summed E-state index contributed by atoms with van der Waals surface area (Å²) in [5.41, 5.74) is -1.31. The summed E-state index contributed by atoms with van der Waals surface area (Å²) in [6.07, 6.45) is -8.89. The molecule has 1 aromatic rings. The minimum Gasteiger partial charge on any atom is -0.469 e. The van der Waals surface area contributed by atoms with Crippen molar-refractivity contribution in [2.45, 2.75) is 25.1 Å². The quantitative estimate of drug-likeness (QED) is 0.471. The van der Waals surface area contributed by atoms with Crippen LogP contribution in [-0.4, -0.2) is 24.4 Å². The maximum atomic E-state index is 12.8. The first-order chi connectivity index (χ1) is 9.67. The second-order valence-corrected chi connectivity index (χ2v) is 3.99. The van der Waals surface area contributed by atoms with Crippen LogP contribution in [0.4, 0.5) is 22.0 Å². The van der Waals surface area contributed by atoms with Crippen LogP contribution >= 0.6 is 11.6 Å². The number of carbonyl (C=O) groups excluding carboxylic acids is 1. The molecule has 1 aromatic heterocycles. The van der Waals surface area contributed by atoms with Crippen molar-refractivity contribution < 1.29 is 36.2 Å². The number of hydrogen-bond acceptors (Lipinski definition) is 4. The van der Waals surface area contributed by atoms with Crippen molar-refractivity contribution in [3.8, 4) is 5.88 Å². The average Bonchev–Trinajstić information content (AvgIpc) is 2.37. The van der Waals surface area contributed by atoms with Gasteiger partial charge in [0.1, 0.15) is 0 Å². The molecule has 0 spiro atoms. The van der Waals surface area contributed by atoms with Crippen LogP contribution < -0.4 is 4.74 Å². The Labute approximate surface area is 120 Å². The number of nitrogens with zero attached hydrogens (tertiary/aromatic N) is 1. The second-order valence-electron chi connectivity index (χ2n) is 3.72. The van der Waals surface area contributed by atoms with E-state index in [0.29, 0.717) is 6.07 Å². The molecule has 0 aliphatic carbocycles. The van der Waals surface area contributed by atoms with E-state index in [4.69, 9.17) is 11.6 Å². The van der Waals surface area contributed by atoms with Crippen molar-refractivity contribution in [1.82, 2.24) is 4.98 Å². The Kier molecular flexibility index (Phi) is 5.70. The molecule has 10 heteroatoms. The number of halogens is 6. The number of methoxy groups -OCH3 is 1. The lowest BCUT2D eigenvalue weighted by atomic mass is 10.1. The van der Waals surface area contributed by atoms with Crippen molar-refractivity contribution in [1.29, 1.82) is 0 Å². The van der Waals surface area contributed by atoms with Crippen molar-refractivity contribution in [2.75, 3.05) is 7.11 Å². The second kappa shape index (κ2) is 6.88. The fourth-order valence-corrected chi connectivity index (χ4v) is 1.67. The molecule has 0 saturated heterocycles. The van der Waals surface area contributed by atoms with Crippen LogP contribution in [-0.2, 0) is 21.8 Å². The van der Waals surface area contributed by atoms with E-state index in [1.807, 2.05) is 0 Å². The summed E-state index contributed by atoms with van der Waals surface area (Å²) in [4.78, 5) is 14.5. The van der Waals surface area contributed by atoms with E-state index in [2.05, 4.69) is 14.5 Å². The summed E-state index contributed by atoms with van der Waals surface area (Å²) >= 11 is 5.49. The lowest BCUT2D eigenvalue weighted by Crippen LogP contribution is -2.20. The van der Waals surface area contributed by atoms with E-state index in [-0.39, 0.29) is 17.1 Å². The summed E-state index contributed by atoms with van der Waals surface area (Å²) in [5, 5.41) is 0. The Balaban J connectivity index is 3.30. The van der Waals surface area contributed by atoms with Gasteiger partial charge in [-0.1, -0.05) is 0 Å². The smallest absolute Gasteiger partial charge is 0.469 e. The number of aromatic nitrogens is 1. The molecule has 1 rings (SSSR count). The third kappa shape index (κ3) is 5.00. The first-order valence-corrected chi connectivity index (χ1v) is 5.90. The predicted molar refractivity (Wildman–Crippen MR) is 61.2 cm³/mol. The standard InChI is InChI=1S/C11H9ClF5NO3/c1-20-8(19)3-5-2-6(9(13)14)10(18-7(5)4-12)21-11(15,16)17/h2,9H,3-4H2,1H3. The topological polar surface area (TPSA) is 48.4 Å². The number of pyridine rings is 1. The monoisotopic (exact) mass is 333 g/mol. The zero-order valence-electron chi connectivity index (χ0n) is 10.5. The van der Waals surface area contributed by atoms with Gasteiger partial charge in [0.2, 0.25) is 5.88 Å². The largest absolute Gasteiger partial charge is 0.574 e. The molecule has 0 bridgehead atoms. The van der Waals surface area contributed by atoms with Gasteiger partial charge in [0.05, 0.1) is 30.7 Å². The summed E-state index contributed by atoms with van der Waals surface area (Å²) in [7, 11) is 1.07. The molecular weight excluding hydrogens is 325 g/mol. The van der Waals surface area contributed by atoms with Gasteiger partial charge in [-0.05, 0) is 11.6 Å². The van der Waals surface area contributed by atoms with Crippen LogP contribution in [0, 0.1) is 0 Å². The Bertz CT molecular complexity index is 521. The fourth-order valence-electron chi connectivity index (χ4n) is 1.44. The molecule has 0 radical (unpaired) electrons. The van der Waals surface area contributed by atoms with Crippen LogP contribution in [0.2, 0.25) is 0 Å². The predicted octanol–water partition coefficient (Wildman–Crippen LogP) is 3.37. The highest BCUT2D eigenvalue weighted by Gasteiger charge is 2.34. The summed E-state index contributed by atoms with van der Waals surface area (Å²) in [6.45, 7) is 0. The van der Waals surface area contributed by atoms with Gasteiger partial charge in [-0.25, -0.2) is 13.8 Å². The van der Waals surface area contributed by atoms with Crippen LogP contribution in [0.25, 0.3) is 0 Å². The molecule has 0 aliphatic rings. The number of carbonyl (C=O) groups is 1. The van der Waals surface area contributed by atoms with E-state index in [9.17, 15) is 26.7 Å².